The van der Waals surface area contributed by atoms with Crippen LogP contribution in [0.3, 0.4) is 0 Å². The lowest BCUT2D eigenvalue weighted by Crippen LogP contribution is -2.33. The zero-order chi connectivity index (χ0) is 25.8. The molecule has 7 nitrogen and oxygen atoms in total. The van der Waals surface area contributed by atoms with Gasteiger partial charge in [0.1, 0.15) is 5.82 Å². The molecular formula is C29H37N5O2. The van der Waals surface area contributed by atoms with Crippen LogP contribution >= 0.6 is 0 Å². The number of H-pyrrole nitrogens is 1. The second-order valence-corrected chi connectivity index (χ2v) is 9.93. The fourth-order valence-electron chi connectivity index (χ4n) is 4.84. The first-order valence-electron chi connectivity index (χ1n) is 12.8. The molecule has 1 aromatic carbocycles. The van der Waals surface area contributed by atoms with E-state index in [0.29, 0.717) is 11.1 Å². The Kier molecular flexibility index (Phi) is 7.77. The van der Waals surface area contributed by atoms with Crippen molar-refractivity contribution in [1.29, 1.82) is 0 Å². The lowest BCUT2D eigenvalue weighted by molar-refractivity contribution is 0.0950. The first-order valence-corrected chi connectivity index (χ1v) is 12.8. The van der Waals surface area contributed by atoms with E-state index in [4.69, 9.17) is 4.98 Å². The zero-order valence-corrected chi connectivity index (χ0v) is 22.0. The van der Waals surface area contributed by atoms with Crippen molar-refractivity contribution in [3.63, 3.8) is 0 Å². The van der Waals surface area contributed by atoms with Gasteiger partial charge in [0.05, 0.1) is 0 Å². The van der Waals surface area contributed by atoms with E-state index in [2.05, 4.69) is 45.6 Å². The fourth-order valence-corrected chi connectivity index (χ4v) is 4.84. The molecule has 1 aliphatic rings. The van der Waals surface area contributed by atoms with Crippen LogP contribution in [0.5, 0.6) is 0 Å². The van der Waals surface area contributed by atoms with Gasteiger partial charge in [-0.25, -0.2) is 4.98 Å². The van der Waals surface area contributed by atoms with Crippen LogP contribution in [-0.4, -0.2) is 35.5 Å². The highest BCUT2D eigenvalue weighted by Gasteiger charge is 2.18. The highest BCUT2D eigenvalue weighted by molar-refractivity contribution is 5.98. The van der Waals surface area contributed by atoms with Gasteiger partial charge in [-0.15, -0.1) is 0 Å². The van der Waals surface area contributed by atoms with Crippen molar-refractivity contribution in [1.82, 2.24) is 15.3 Å². The molecule has 36 heavy (non-hydrogen) atoms. The van der Waals surface area contributed by atoms with Crippen LogP contribution in [0.15, 0.2) is 41.3 Å². The van der Waals surface area contributed by atoms with Crippen molar-refractivity contribution in [3.8, 4) is 11.1 Å². The summed E-state index contributed by atoms with van der Waals surface area (Å²) in [7, 11) is 0. The number of piperidine rings is 1. The van der Waals surface area contributed by atoms with Crippen molar-refractivity contribution in [2.75, 3.05) is 29.9 Å². The van der Waals surface area contributed by atoms with Crippen molar-refractivity contribution in [2.24, 2.45) is 5.92 Å². The summed E-state index contributed by atoms with van der Waals surface area (Å²) in [5.74, 6) is 1.57. The first-order chi connectivity index (χ1) is 17.3. The van der Waals surface area contributed by atoms with E-state index < -0.39 is 0 Å². The van der Waals surface area contributed by atoms with Crippen molar-refractivity contribution in [2.45, 2.75) is 54.0 Å². The molecule has 0 unspecified atom stereocenters. The average molecular weight is 488 g/mol. The third kappa shape index (κ3) is 5.61. The van der Waals surface area contributed by atoms with Crippen LogP contribution in [-0.2, 0) is 6.54 Å². The monoisotopic (exact) mass is 487 g/mol. The van der Waals surface area contributed by atoms with E-state index in [1.165, 1.54) is 12.8 Å². The summed E-state index contributed by atoms with van der Waals surface area (Å²) in [6.07, 6.45) is 4.28. The fraction of sp³-hybridized carbons (Fsp3) is 0.414. The number of carbonyl (C=O) groups excluding carboxylic acids is 1. The summed E-state index contributed by atoms with van der Waals surface area (Å²) < 4.78 is 0. The molecule has 0 aliphatic carbocycles. The van der Waals surface area contributed by atoms with E-state index in [-0.39, 0.29) is 18.0 Å². The summed E-state index contributed by atoms with van der Waals surface area (Å²) in [6.45, 7) is 13.0. The minimum atomic E-state index is -0.208. The normalized spacial score (nSPS) is 14.1. The van der Waals surface area contributed by atoms with Gasteiger partial charge >= 0.3 is 0 Å². The molecule has 1 saturated heterocycles. The minimum Gasteiger partial charge on any atom is -0.385 e. The smallest absolute Gasteiger partial charge is 0.253 e. The molecule has 3 aromatic rings. The van der Waals surface area contributed by atoms with Gasteiger partial charge < -0.3 is 20.5 Å². The lowest BCUT2D eigenvalue weighted by Gasteiger charge is -2.31. The summed E-state index contributed by atoms with van der Waals surface area (Å²) in [6, 6.07) is 10.1. The number of hydrogen-bond donors (Lipinski definition) is 3. The predicted octanol–water partition coefficient (Wildman–Crippen LogP) is 4.96. The number of aryl methyl sites for hydroxylation is 2. The number of aromatic amines is 1. The lowest BCUT2D eigenvalue weighted by atomic mass is 9.97. The van der Waals surface area contributed by atoms with Crippen LogP contribution in [0.2, 0.25) is 0 Å². The van der Waals surface area contributed by atoms with Crippen LogP contribution in [0.4, 0.5) is 11.5 Å². The third-order valence-corrected chi connectivity index (χ3v) is 7.13. The Bertz CT molecular complexity index is 1290. The molecule has 0 atom stereocenters. The Morgan fingerprint density at radius 2 is 1.86 bits per heavy atom. The molecule has 0 radical (unpaired) electrons. The molecule has 3 heterocycles. The van der Waals surface area contributed by atoms with E-state index in [9.17, 15) is 9.59 Å². The largest absolute Gasteiger partial charge is 0.385 e. The summed E-state index contributed by atoms with van der Waals surface area (Å²) in [5.41, 5.74) is 6.34. The molecular weight excluding hydrogens is 450 g/mol. The van der Waals surface area contributed by atoms with Crippen molar-refractivity contribution >= 4 is 17.4 Å². The number of carbonyl (C=O) groups is 1. The van der Waals surface area contributed by atoms with Gasteiger partial charge in [-0.3, -0.25) is 9.59 Å². The van der Waals surface area contributed by atoms with Crippen LogP contribution in [0, 0.1) is 26.7 Å². The number of rotatable bonds is 7. The topological polar surface area (TPSA) is 90.1 Å². The van der Waals surface area contributed by atoms with Crippen LogP contribution in [0.25, 0.3) is 11.1 Å². The van der Waals surface area contributed by atoms with Crippen LogP contribution in [0.1, 0.15) is 59.4 Å². The van der Waals surface area contributed by atoms with Gasteiger partial charge in [0.2, 0.25) is 0 Å². The number of nitrogens with zero attached hydrogens (tertiary/aromatic N) is 2. The van der Waals surface area contributed by atoms with E-state index in [0.717, 1.165) is 65.0 Å². The molecule has 3 N–H and O–H groups in total. The first kappa shape index (κ1) is 25.5. The molecule has 2 aromatic heterocycles. The molecule has 7 heteroatoms. The third-order valence-electron chi connectivity index (χ3n) is 7.13. The van der Waals surface area contributed by atoms with Crippen molar-refractivity contribution in [3.05, 3.63) is 74.8 Å². The second kappa shape index (κ2) is 11.0. The highest BCUT2D eigenvalue weighted by Crippen LogP contribution is 2.30. The summed E-state index contributed by atoms with van der Waals surface area (Å²) in [5, 5.41) is 6.33. The summed E-state index contributed by atoms with van der Waals surface area (Å²) >= 11 is 0. The molecule has 4 rings (SSSR count). The van der Waals surface area contributed by atoms with Gasteiger partial charge in [-0.05, 0) is 93.5 Å². The minimum absolute atomic E-state index is 0.166. The highest BCUT2D eigenvalue weighted by atomic mass is 16.1. The molecule has 0 bridgehead atoms. The van der Waals surface area contributed by atoms with E-state index in [1.807, 2.05) is 46.0 Å². The number of pyridine rings is 2. The number of anilines is 2. The molecule has 1 amide bonds. The van der Waals surface area contributed by atoms with Crippen LogP contribution < -0.4 is 21.1 Å². The molecule has 0 saturated carbocycles. The Morgan fingerprint density at radius 3 is 2.50 bits per heavy atom. The number of aromatic nitrogens is 2. The molecule has 1 fully saturated rings. The van der Waals surface area contributed by atoms with E-state index in [1.54, 1.807) is 0 Å². The quantitative estimate of drug-likeness (QED) is 0.438. The number of amides is 1. The van der Waals surface area contributed by atoms with Gasteiger partial charge in [0.15, 0.2) is 0 Å². The molecule has 190 valence electrons. The van der Waals surface area contributed by atoms with Gasteiger partial charge in [-0.2, -0.15) is 0 Å². The van der Waals surface area contributed by atoms with Gasteiger partial charge in [-0.1, -0.05) is 6.92 Å². The summed E-state index contributed by atoms with van der Waals surface area (Å²) in [4.78, 5) is 35.6. The maximum Gasteiger partial charge on any atom is 0.253 e. The number of hydrogen-bond acceptors (Lipinski definition) is 5. The van der Waals surface area contributed by atoms with Crippen molar-refractivity contribution < 1.29 is 4.79 Å². The Hall–Kier alpha value is -3.61. The van der Waals surface area contributed by atoms with E-state index >= 15 is 0 Å². The molecule has 0 spiro atoms. The standard InChI is InChI=1S/C29H37N5O2/c1-6-30-26-15-23(22-7-8-27(31-16-22)34-11-9-18(2)10-12-34)14-24(21(26)5)28(35)32-17-25-19(3)13-20(4)33-29(25)36/h7-8,13-16,18,30H,6,9-12,17H2,1-5H3,(H,32,35)(H,33,36). The Balaban J connectivity index is 1.59. The second-order valence-electron chi connectivity index (χ2n) is 9.93. The Labute approximate surface area is 213 Å². The maximum absolute atomic E-state index is 13.3. The predicted molar refractivity (Wildman–Crippen MR) is 147 cm³/mol. The Morgan fingerprint density at radius 1 is 1.11 bits per heavy atom. The molecule has 1 aliphatic heterocycles. The SMILES string of the molecule is CCNc1cc(-c2ccc(N3CCC(C)CC3)nc2)cc(C(=O)NCc2c(C)cc(C)[nH]c2=O)c1C. The number of nitrogens with one attached hydrogen (secondary N) is 3. The number of benzene rings is 1. The zero-order valence-electron chi connectivity index (χ0n) is 22.0. The average Bonchev–Trinajstić information content (AvgIpc) is 2.85. The maximum atomic E-state index is 13.3. The van der Waals surface area contributed by atoms with Gasteiger partial charge in [0, 0.05) is 60.4 Å². The van der Waals surface area contributed by atoms with Gasteiger partial charge in [0.25, 0.3) is 11.5 Å².